The molecule has 0 bridgehead atoms. The molecule has 0 aliphatic carbocycles. The van der Waals surface area contributed by atoms with E-state index in [0.717, 1.165) is 36.0 Å². The third-order valence-corrected chi connectivity index (χ3v) is 6.94. The maximum atomic E-state index is 13.3. The number of nitrogens with zero attached hydrogens (tertiary/aromatic N) is 1. The number of benzene rings is 2. The Morgan fingerprint density at radius 1 is 1.07 bits per heavy atom. The fraction of sp³-hybridized carbons (Fsp3) is 0.409. The minimum atomic E-state index is -3.83. The molecule has 2 aromatic carbocycles. The highest BCUT2D eigenvalue weighted by molar-refractivity contribution is 7.89. The van der Waals surface area contributed by atoms with Gasteiger partial charge in [-0.25, -0.2) is 8.42 Å². The van der Waals surface area contributed by atoms with Crippen LogP contribution in [0, 0.1) is 6.92 Å². The minimum Gasteiger partial charge on any atom is -0.341 e. The predicted octanol–water partition coefficient (Wildman–Crippen LogP) is 0.380. The molecule has 1 heterocycles. The number of aryl methyl sites for hydroxylation is 1. The van der Waals surface area contributed by atoms with Crippen molar-refractivity contribution in [2.75, 3.05) is 13.1 Å². The Morgan fingerprint density at radius 3 is 2.37 bits per heavy atom. The number of hydrogen-bond acceptors (Lipinski definition) is 3. The second-order valence-electron chi connectivity index (χ2n) is 8.02. The van der Waals surface area contributed by atoms with Gasteiger partial charge in [-0.05, 0) is 62.4 Å². The smallest absolute Gasteiger partial charge is 0.241 e. The van der Waals surface area contributed by atoms with Crippen LogP contribution in [0.25, 0.3) is 0 Å². The Labute approximate surface area is 178 Å². The molecule has 1 unspecified atom stereocenters. The number of hydrogen-bond donors (Lipinski definition) is 3. The van der Waals surface area contributed by atoms with Crippen LogP contribution in [0.2, 0.25) is 0 Å². The van der Waals surface area contributed by atoms with E-state index in [-0.39, 0.29) is 23.4 Å². The lowest BCUT2D eigenvalue weighted by Gasteiger charge is -2.30. The van der Waals surface area contributed by atoms with Crippen LogP contribution in [0.15, 0.2) is 53.4 Å². The molecule has 1 amide bonds. The van der Waals surface area contributed by atoms with Crippen LogP contribution < -0.4 is 16.2 Å². The highest BCUT2D eigenvalue weighted by Crippen LogP contribution is 2.17. The number of rotatable bonds is 7. The van der Waals surface area contributed by atoms with Gasteiger partial charge in [-0.2, -0.15) is 4.72 Å². The summed E-state index contributed by atoms with van der Waals surface area (Å²) in [5.41, 5.74) is 10.7. The summed E-state index contributed by atoms with van der Waals surface area (Å²) in [6, 6.07) is 13.5. The van der Waals surface area contributed by atoms with Crippen LogP contribution in [0.4, 0.5) is 0 Å². The zero-order valence-corrected chi connectivity index (χ0v) is 18.3. The van der Waals surface area contributed by atoms with Crippen LogP contribution >= 0.6 is 0 Å². The predicted molar refractivity (Wildman–Crippen MR) is 114 cm³/mol. The van der Waals surface area contributed by atoms with E-state index in [1.165, 1.54) is 0 Å². The fourth-order valence-electron chi connectivity index (χ4n) is 3.70. The molecule has 1 saturated heterocycles. The normalized spacial score (nSPS) is 15.9. The van der Waals surface area contributed by atoms with Gasteiger partial charge in [-0.3, -0.25) is 4.79 Å². The highest BCUT2D eigenvalue weighted by atomic mass is 32.2. The Morgan fingerprint density at radius 2 is 1.73 bits per heavy atom. The van der Waals surface area contributed by atoms with Gasteiger partial charge in [0, 0.05) is 13.1 Å². The molecule has 0 spiro atoms. The van der Waals surface area contributed by atoms with Gasteiger partial charge in [-0.1, -0.05) is 29.8 Å². The summed E-state index contributed by atoms with van der Waals surface area (Å²) in [4.78, 5) is 15.2. The zero-order chi connectivity index (χ0) is 21.7. The van der Waals surface area contributed by atoms with Crippen molar-refractivity contribution >= 4 is 15.9 Å². The van der Waals surface area contributed by atoms with Gasteiger partial charge in [-0.15, -0.1) is 0 Å². The summed E-state index contributed by atoms with van der Waals surface area (Å²) < 4.78 is 28.7. The minimum absolute atomic E-state index is 0.134. The van der Waals surface area contributed by atoms with Crippen LogP contribution in [-0.4, -0.2) is 38.4 Å². The van der Waals surface area contributed by atoms with Crippen LogP contribution in [0.1, 0.15) is 42.1 Å². The molecule has 1 aliphatic heterocycles. The van der Waals surface area contributed by atoms with Crippen molar-refractivity contribution in [2.45, 2.75) is 49.7 Å². The van der Waals surface area contributed by atoms with Crippen molar-refractivity contribution in [3.63, 3.8) is 0 Å². The number of amides is 1. The van der Waals surface area contributed by atoms with Gasteiger partial charge in [0.2, 0.25) is 22.1 Å². The molecule has 7 N–H and O–H groups in total. The molecule has 8 heteroatoms. The lowest BCUT2D eigenvalue weighted by atomic mass is 10.0. The van der Waals surface area contributed by atoms with E-state index in [0.29, 0.717) is 13.1 Å². The third kappa shape index (κ3) is 5.66. The molecule has 0 saturated carbocycles. The van der Waals surface area contributed by atoms with Gasteiger partial charge in [0.05, 0.1) is 10.5 Å². The van der Waals surface area contributed by atoms with E-state index < -0.39 is 16.1 Å². The quantitative estimate of drug-likeness (QED) is 0.548. The average molecular weight is 433 g/mol. The molecule has 0 radical (unpaired) electrons. The highest BCUT2D eigenvalue weighted by Gasteiger charge is 2.30. The first kappa shape index (κ1) is 22.4. The van der Waals surface area contributed by atoms with E-state index in [9.17, 15) is 13.2 Å². The van der Waals surface area contributed by atoms with Crippen molar-refractivity contribution in [2.24, 2.45) is 0 Å². The first-order valence-corrected chi connectivity index (χ1v) is 11.9. The van der Waals surface area contributed by atoms with Gasteiger partial charge < -0.3 is 16.4 Å². The molecule has 7 nitrogen and oxygen atoms in total. The number of carbonyl (C=O) groups is 1. The Kier molecular flexibility index (Phi) is 7.25. The largest absolute Gasteiger partial charge is 0.341 e. The second kappa shape index (κ2) is 9.70. The Hall–Kier alpha value is -2.26. The summed E-state index contributed by atoms with van der Waals surface area (Å²) in [7, 11) is -3.83. The maximum absolute atomic E-state index is 13.3. The average Bonchev–Trinajstić information content (AvgIpc) is 2.73. The first-order valence-electron chi connectivity index (χ1n) is 10.4. The SMILES string of the molecule is Cc1ccc(S(=O)(=O)NC(Cc2cccc(C([NH3+])[NH3+])c2)C(=O)N2CCCCC2)cc1. The van der Waals surface area contributed by atoms with E-state index in [2.05, 4.69) is 16.2 Å². The standard InChI is InChI=1S/C22H30N4O3S/c1-16-8-10-19(11-9-16)30(28,29)25-20(22(27)26-12-3-2-4-13-26)15-17-6-5-7-18(14-17)21(23)24/h5-11,14,20-21,25H,2-4,12-13,15,23-24H2,1H3/p+2. The summed E-state index contributed by atoms with van der Waals surface area (Å²) >= 11 is 0. The van der Waals surface area contributed by atoms with E-state index in [1.54, 1.807) is 29.2 Å². The number of quaternary nitrogens is 2. The lowest BCUT2D eigenvalue weighted by molar-refractivity contribution is -0.668. The molecular weight excluding hydrogens is 400 g/mol. The Balaban J connectivity index is 1.87. The first-order chi connectivity index (χ1) is 14.3. The van der Waals surface area contributed by atoms with Crippen molar-refractivity contribution in [1.82, 2.24) is 9.62 Å². The molecular formula is C22H32N4O3S+2. The molecule has 1 atom stereocenters. The van der Waals surface area contributed by atoms with Crippen molar-refractivity contribution in [3.8, 4) is 0 Å². The van der Waals surface area contributed by atoms with E-state index in [1.807, 2.05) is 31.2 Å². The Bertz CT molecular complexity index is 968. The van der Waals surface area contributed by atoms with E-state index >= 15 is 0 Å². The van der Waals surface area contributed by atoms with Gasteiger partial charge in [0.1, 0.15) is 6.04 Å². The second-order valence-corrected chi connectivity index (χ2v) is 9.73. The molecule has 162 valence electrons. The van der Waals surface area contributed by atoms with Gasteiger partial charge >= 0.3 is 0 Å². The van der Waals surface area contributed by atoms with E-state index in [4.69, 9.17) is 0 Å². The third-order valence-electron chi connectivity index (χ3n) is 5.46. The number of nitrogens with one attached hydrogen (secondary N) is 1. The van der Waals surface area contributed by atoms with Crippen LogP contribution in [-0.2, 0) is 21.2 Å². The maximum Gasteiger partial charge on any atom is 0.241 e. The van der Waals surface area contributed by atoms with Gasteiger partial charge in [0.25, 0.3) is 0 Å². The number of sulfonamides is 1. The van der Waals surface area contributed by atoms with Crippen LogP contribution in [0.3, 0.4) is 0 Å². The number of likely N-dealkylation sites (tertiary alicyclic amines) is 1. The van der Waals surface area contributed by atoms with Crippen molar-refractivity contribution in [3.05, 3.63) is 65.2 Å². The molecule has 1 fully saturated rings. The zero-order valence-electron chi connectivity index (χ0n) is 17.5. The molecule has 2 aromatic rings. The molecule has 1 aliphatic rings. The van der Waals surface area contributed by atoms with Crippen molar-refractivity contribution < 1.29 is 24.7 Å². The fourth-order valence-corrected chi connectivity index (χ4v) is 4.89. The monoisotopic (exact) mass is 432 g/mol. The summed E-state index contributed by atoms with van der Waals surface area (Å²) in [5.74, 6) is -0.170. The molecule has 3 rings (SSSR count). The topological polar surface area (TPSA) is 122 Å². The van der Waals surface area contributed by atoms with Gasteiger partial charge in [0.15, 0.2) is 0 Å². The lowest BCUT2D eigenvalue weighted by Crippen LogP contribution is -2.76. The summed E-state index contributed by atoms with van der Waals surface area (Å²) in [6.45, 7) is 3.24. The number of piperidine rings is 1. The molecule has 30 heavy (non-hydrogen) atoms. The molecule has 0 aromatic heterocycles. The summed E-state index contributed by atoms with van der Waals surface area (Å²) in [5, 5.41) is 0. The van der Waals surface area contributed by atoms with Crippen LogP contribution in [0.5, 0.6) is 0 Å². The number of carbonyl (C=O) groups excluding carboxylic acids is 1. The summed E-state index contributed by atoms with van der Waals surface area (Å²) in [6.07, 6.45) is 3.14. The van der Waals surface area contributed by atoms with Crippen molar-refractivity contribution in [1.29, 1.82) is 0 Å².